The molecule has 4 rings (SSSR count). The molecular weight excluding hydrogens is 431 g/mol. The van der Waals surface area contributed by atoms with Gasteiger partial charge in [0.05, 0.1) is 28.2 Å². The van der Waals surface area contributed by atoms with E-state index in [4.69, 9.17) is 0 Å². The minimum atomic E-state index is -4.41. The molecule has 1 aromatic heterocycles. The van der Waals surface area contributed by atoms with E-state index in [9.17, 15) is 22.8 Å². The molecule has 1 atom stereocenters. The molecule has 1 heterocycles. The van der Waals surface area contributed by atoms with E-state index in [-0.39, 0.29) is 11.5 Å². The van der Waals surface area contributed by atoms with Crippen LogP contribution in [0.15, 0.2) is 77.6 Å². The molecule has 0 fully saturated rings. The zero-order chi connectivity index (χ0) is 23.8. The highest BCUT2D eigenvalue weighted by Crippen LogP contribution is 2.30. The molecule has 3 aromatic carbocycles. The number of aromatic nitrogens is 2. The summed E-state index contributed by atoms with van der Waals surface area (Å²) < 4.78 is 39.7. The average molecular weight is 451 g/mol. The molecule has 5 nitrogen and oxygen atoms in total. The number of carbonyl (C=O) groups is 1. The normalized spacial score (nSPS) is 12.5. The third-order valence-corrected chi connectivity index (χ3v) is 5.42. The van der Waals surface area contributed by atoms with Crippen molar-refractivity contribution < 1.29 is 18.0 Å². The first-order valence-corrected chi connectivity index (χ1v) is 10.2. The van der Waals surface area contributed by atoms with E-state index in [1.165, 1.54) is 16.7 Å². The van der Waals surface area contributed by atoms with E-state index in [2.05, 4.69) is 10.3 Å². The number of amides is 1. The number of aryl methyl sites for hydroxylation is 1. The number of rotatable bonds is 4. The molecule has 1 amide bonds. The Hall–Kier alpha value is -3.94. The van der Waals surface area contributed by atoms with Crippen molar-refractivity contribution in [1.29, 1.82) is 0 Å². The molecule has 0 aliphatic heterocycles. The minimum absolute atomic E-state index is 0.203. The van der Waals surface area contributed by atoms with Crippen LogP contribution in [-0.2, 0) is 6.18 Å². The summed E-state index contributed by atoms with van der Waals surface area (Å²) in [6, 6.07) is 17.8. The Kier molecular flexibility index (Phi) is 5.76. The number of alkyl halides is 3. The molecule has 0 aliphatic rings. The molecule has 33 heavy (non-hydrogen) atoms. The van der Waals surface area contributed by atoms with Crippen molar-refractivity contribution in [3.8, 4) is 5.69 Å². The van der Waals surface area contributed by atoms with Crippen LogP contribution in [0.5, 0.6) is 0 Å². The summed E-state index contributed by atoms with van der Waals surface area (Å²) in [7, 11) is 0. The fraction of sp³-hybridized carbons (Fsp3) is 0.160. The van der Waals surface area contributed by atoms with Crippen molar-refractivity contribution in [2.75, 3.05) is 0 Å². The topological polar surface area (TPSA) is 64.0 Å². The highest BCUT2D eigenvalue weighted by Gasteiger charge is 2.30. The molecular formula is C25H20F3N3O2. The van der Waals surface area contributed by atoms with Gasteiger partial charge in [0.2, 0.25) is 0 Å². The van der Waals surface area contributed by atoms with Crippen LogP contribution < -0.4 is 10.9 Å². The Bertz CT molecular complexity index is 1380. The lowest BCUT2D eigenvalue weighted by atomic mass is 10.1. The van der Waals surface area contributed by atoms with Gasteiger partial charge in [-0.15, -0.1) is 0 Å². The summed E-state index contributed by atoms with van der Waals surface area (Å²) in [5, 5.41) is 3.27. The number of hydrogen-bond donors (Lipinski definition) is 1. The second-order valence-corrected chi connectivity index (χ2v) is 7.68. The van der Waals surface area contributed by atoms with Gasteiger partial charge in [-0.25, -0.2) is 4.98 Å². The standard InChI is InChI=1S/C25H20F3N3O2/c1-15(17-7-11-19(12-8-17)25(26,27)28)29-23(32)18-9-13-20(14-10-18)31-16(2)30-22-6-4-3-5-21(22)24(31)33/h3-15H,1-2H3,(H,29,32). The van der Waals surface area contributed by atoms with Gasteiger partial charge in [-0.2, -0.15) is 13.2 Å². The first-order chi connectivity index (χ1) is 15.6. The molecule has 0 bridgehead atoms. The van der Waals surface area contributed by atoms with Gasteiger partial charge in [0.25, 0.3) is 11.5 Å². The van der Waals surface area contributed by atoms with Crippen LogP contribution in [0.4, 0.5) is 13.2 Å². The maximum Gasteiger partial charge on any atom is 0.416 e. The summed E-state index contributed by atoms with van der Waals surface area (Å²) in [4.78, 5) is 30.0. The second kappa shape index (κ2) is 8.54. The van der Waals surface area contributed by atoms with Crippen molar-refractivity contribution in [3.05, 3.63) is 106 Å². The number of hydrogen-bond acceptors (Lipinski definition) is 3. The van der Waals surface area contributed by atoms with E-state index in [0.29, 0.717) is 33.5 Å². The van der Waals surface area contributed by atoms with Gasteiger partial charge in [-0.05, 0) is 67.9 Å². The predicted molar refractivity (Wildman–Crippen MR) is 119 cm³/mol. The van der Waals surface area contributed by atoms with Crippen molar-refractivity contribution >= 4 is 16.8 Å². The molecule has 0 aliphatic carbocycles. The predicted octanol–water partition coefficient (Wildman–Crippen LogP) is 5.20. The lowest BCUT2D eigenvalue weighted by Crippen LogP contribution is -2.27. The fourth-order valence-electron chi connectivity index (χ4n) is 3.63. The van der Waals surface area contributed by atoms with E-state index in [1.54, 1.807) is 56.3 Å². The minimum Gasteiger partial charge on any atom is -0.346 e. The Morgan fingerprint density at radius 1 is 0.970 bits per heavy atom. The lowest BCUT2D eigenvalue weighted by Gasteiger charge is -2.16. The van der Waals surface area contributed by atoms with Crippen LogP contribution >= 0.6 is 0 Å². The second-order valence-electron chi connectivity index (χ2n) is 7.68. The highest BCUT2D eigenvalue weighted by atomic mass is 19.4. The van der Waals surface area contributed by atoms with Crippen molar-refractivity contribution in [2.24, 2.45) is 0 Å². The number of benzene rings is 3. The van der Waals surface area contributed by atoms with Gasteiger partial charge in [-0.3, -0.25) is 14.2 Å². The molecule has 0 saturated heterocycles. The van der Waals surface area contributed by atoms with Crippen LogP contribution in [-0.4, -0.2) is 15.5 Å². The SMILES string of the molecule is Cc1nc2ccccc2c(=O)n1-c1ccc(C(=O)NC(C)c2ccc(C(F)(F)F)cc2)cc1. The maximum absolute atomic E-state index is 12.9. The maximum atomic E-state index is 12.9. The number of carbonyl (C=O) groups excluding carboxylic acids is 1. The third kappa shape index (κ3) is 4.50. The Labute approximate surface area is 187 Å². The summed E-state index contributed by atoms with van der Waals surface area (Å²) >= 11 is 0. The van der Waals surface area contributed by atoms with E-state index in [0.717, 1.165) is 12.1 Å². The molecule has 1 unspecified atom stereocenters. The average Bonchev–Trinajstić information content (AvgIpc) is 2.79. The van der Waals surface area contributed by atoms with Gasteiger partial charge < -0.3 is 5.32 Å². The van der Waals surface area contributed by atoms with Crippen LogP contribution in [0.25, 0.3) is 16.6 Å². The van der Waals surface area contributed by atoms with Gasteiger partial charge >= 0.3 is 6.18 Å². The summed E-state index contributed by atoms with van der Waals surface area (Å²) in [6.07, 6.45) is -4.41. The molecule has 0 radical (unpaired) electrons. The van der Waals surface area contributed by atoms with Gasteiger partial charge in [0, 0.05) is 5.56 Å². The fourth-order valence-corrected chi connectivity index (χ4v) is 3.63. The quantitative estimate of drug-likeness (QED) is 0.464. The monoisotopic (exact) mass is 451 g/mol. The van der Waals surface area contributed by atoms with Crippen molar-refractivity contribution in [3.63, 3.8) is 0 Å². The van der Waals surface area contributed by atoms with Gasteiger partial charge in [-0.1, -0.05) is 24.3 Å². The zero-order valence-corrected chi connectivity index (χ0v) is 17.9. The summed E-state index contributed by atoms with van der Waals surface area (Å²) in [6.45, 7) is 3.43. The van der Waals surface area contributed by atoms with E-state index >= 15 is 0 Å². The largest absolute Gasteiger partial charge is 0.416 e. The van der Waals surface area contributed by atoms with Crippen LogP contribution in [0.1, 0.15) is 40.3 Å². The molecule has 8 heteroatoms. The van der Waals surface area contributed by atoms with Crippen LogP contribution in [0.2, 0.25) is 0 Å². The number of nitrogens with zero attached hydrogens (tertiary/aromatic N) is 2. The number of halogens is 3. The number of fused-ring (bicyclic) bond motifs is 1. The Morgan fingerprint density at radius 2 is 1.61 bits per heavy atom. The van der Waals surface area contributed by atoms with Crippen LogP contribution in [0, 0.1) is 6.92 Å². The van der Waals surface area contributed by atoms with E-state index in [1.807, 2.05) is 6.07 Å². The van der Waals surface area contributed by atoms with Gasteiger partial charge in [0.15, 0.2) is 0 Å². The summed E-state index contributed by atoms with van der Waals surface area (Å²) in [5.74, 6) is 0.140. The molecule has 1 N–H and O–H groups in total. The first-order valence-electron chi connectivity index (χ1n) is 10.2. The number of nitrogens with one attached hydrogen (secondary N) is 1. The van der Waals surface area contributed by atoms with Crippen LogP contribution in [0.3, 0.4) is 0 Å². The van der Waals surface area contributed by atoms with Crippen molar-refractivity contribution in [1.82, 2.24) is 14.9 Å². The third-order valence-electron chi connectivity index (χ3n) is 5.42. The number of para-hydroxylation sites is 1. The van der Waals surface area contributed by atoms with Gasteiger partial charge in [0.1, 0.15) is 5.82 Å². The smallest absolute Gasteiger partial charge is 0.346 e. The Morgan fingerprint density at radius 3 is 2.24 bits per heavy atom. The molecule has 0 saturated carbocycles. The molecule has 4 aromatic rings. The van der Waals surface area contributed by atoms with Crippen molar-refractivity contribution in [2.45, 2.75) is 26.1 Å². The molecule has 0 spiro atoms. The van der Waals surface area contributed by atoms with E-state index < -0.39 is 17.8 Å². The zero-order valence-electron chi connectivity index (χ0n) is 17.9. The summed E-state index contributed by atoms with van der Waals surface area (Å²) in [5.41, 5.74) is 1.15. The lowest BCUT2D eigenvalue weighted by molar-refractivity contribution is -0.137. The highest BCUT2D eigenvalue weighted by molar-refractivity contribution is 5.94. The Balaban J connectivity index is 1.53. The molecule has 168 valence electrons. The first kappa shape index (κ1) is 22.3.